The van der Waals surface area contributed by atoms with E-state index in [0.717, 1.165) is 12.8 Å². The van der Waals surface area contributed by atoms with Crippen LogP contribution in [0.15, 0.2) is 0 Å². The summed E-state index contributed by atoms with van der Waals surface area (Å²) in [6.07, 6.45) is 1.66. The van der Waals surface area contributed by atoms with Crippen molar-refractivity contribution in [1.29, 1.82) is 0 Å². The smallest absolute Gasteiger partial charge is 0.370 e. The van der Waals surface area contributed by atoms with Gasteiger partial charge in [0.1, 0.15) is 6.61 Å². The van der Waals surface area contributed by atoms with Crippen molar-refractivity contribution in [2.24, 2.45) is 0 Å². The zero-order chi connectivity index (χ0) is 10.3. The average Bonchev–Trinajstić information content (AvgIpc) is 1.94. The highest BCUT2D eigenvalue weighted by Gasteiger charge is 2.22. The summed E-state index contributed by atoms with van der Waals surface area (Å²) in [5.41, 5.74) is 0. The summed E-state index contributed by atoms with van der Waals surface area (Å²) >= 11 is 0. The maximum Gasteiger partial charge on any atom is 0.569 e. The highest BCUT2D eigenvalue weighted by Crippen LogP contribution is 2.43. The summed E-state index contributed by atoms with van der Waals surface area (Å²) in [6, 6.07) is 0. The van der Waals surface area contributed by atoms with Crippen molar-refractivity contribution in [2.45, 2.75) is 19.8 Å². The van der Waals surface area contributed by atoms with Crippen molar-refractivity contribution in [3.63, 3.8) is 0 Å². The lowest BCUT2D eigenvalue weighted by atomic mass is 10.4. The molecule has 0 radical (unpaired) electrons. The van der Waals surface area contributed by atoms with E-state index in [0.29, 0.717) is 6.61 Å². The first-order valence-corrected chi connectivity index (χ1v) is 5.25. The van der Waals surface area contributed by atoms with E-state index in [4.69, 9.17) is 9.63 Å². The third-order valence-electron chi connectivity index (χ3n) is 1.08. The van der Waals surface area contributed by atoms with E-state index in [-0.39, 0.29) is 0 Å². The van der Waals surface area contributed by atoms with Gasteiger partial charge in [0.25, 0.3) is 0 Å². The minimum absolute atomic E-state index is 0.341. The summed E-state index contributed by atoms with van der Waals surface area (Å²) in [6.45, 7) is 1.77. The number of hydrogen-bond donors (Lipinski definition) is 1. The van der Waals surface area contributed by atoms with Crippen molar-refractivity contribution in [1.82, 2.24) is 0 Å². The minimum Gasteiger partial charge on any atom is -0.370 e. The zero-order valence-electron chi connectivity index (χ0n) is 7.23. The second-order valence-electron chi connectivity index (χ2n) is 2.32. The molecule has 0 amide bonds. The quantitative estimate of drug-likeness (QED) is 0.534. The van der Waals surface area contributed by atoms with Gasteiger partial charge >= 0.3 is 13.9 Å². The molecule has 13 heavy (non-hydrogen) atoms. The zero-order valence-corrected chi connectivity index (χ0v) is 8.13. The predicted octanol–water partition coefficient (Wildman–Crippen LogP) is 1.42. The normalized spacial score (nSPS) is 15.0. The second kappa shape index (κ2) is 6.07. The molecule has 0 rings (SSSR count). The van der Waals surface area contributed by atoms with Crippen LogP contribution in [-0.4, -0.2) is 24.1 Å². The van der Waals surface area contributed by atoms with E-state index in [2.05, 4.69) is 4.52 Å². The summed E-state index contributed by atoms with van der Waals surface area (Å²) in [5, 5.41) is 0. The van der Waals surface area contributed by atoms with E-state index >= 15 is 0 Å². The number of carbonyl (C=O) groups excluding carboxylic acids is 1. The molecular formula is C6H12FO5P. The SMILES string of the molecule is CCCCOCC(=O)OP(=O)(O)F. The molecule has 5 nitrogen and oxygen atoms in total. The lowest BCUT2D eigenvalue weighted by Crippen LogP contribution is -2.11. The molecule has 1 N–H and O–H groups in total. The average molecular weight is 214 g/mol. The molecule has 0 bridgehead atoms. The van der Waals surface area contributed by atoms with Crippen molar-refractivity contribution >= 4 is 13.9 Å². The van der Waals surface area contributed by atoms with E-state index in [1.807, 2.05) is 6.92 Å². The molecule has 0 aromatic rings. The molecule has 0 saturated carbocycles. The Kier molecular flexibility index (Phi) is 5.86. The van der Waals surface area contributed by atoms with Crippen LogP contribution >= 0.6 is 7.91 Å². The first-order valence-electron chi connectivity index (χ1n) is 3.78. The Labute approximate surface area is 75.5 Å². The van der Waals surface area contributed by atoms with Crippen molar-refractivity contribution < 1.29 is 27.7 Å². The molecule has 0 aromatic heterocycles. The maximum atomic E-state index is 11.8. The van der Waals surface area contributed by atoms with Crippen LogP contribution in [0, 0.1) is 0 Å². The number of carbonyl (C=O) groups is 1. The lowest BCUT2D eigenvalue weighted by Gasteiger charge is -2.03. The fourth-order valence-electron chi connectivity index (χ4n) is 0.554. The Balaban J connectivity index is 3.47. The Morgan fingerprint density at radius 1 is 1.62 bits per heavy atom. The van der Waals surface area contributed by atoms with Gasteiger partial charge in [0.05, 0.1) is 0 Å². The van der Waals surface area contributed by atoms with Gasteiger partial charge in [-0.3, -0.25) is 4.89 Å². The second-order valence-corrected chi connectivity index (χ2v) is 3.41. The van der Waals surface area contributed by atoms with E-state index in [1.54, 1.807) is 0 Å². The molecule has 1 unspecified atom stereocenters. The molecule has 0 aromatic carbocycles. The van der Waals surface area contributed by atoms with Gasteiger partial charge < -0.3 is 9.26 Å². The van der Waals surface area contributed by atoms with Crippen LogP contribution in [0.3, 0.4) is 0 Å². The van der Waals surface area contributed by atoms with E-state index in [9.17, 15) is 13.6 Å². The van der Waals surface area contributed by atoms with Gasteiger partial charge in [-0.05, 0) is 6.42 Å². The largest absolute Gasteiger partial charge is 0.569 e. The Morgan fingerprint density at radius 2 is 2.23 bits per heavy atom. The molecule has 0 heterocycles. The van der Waals surface area contributed by atoms with Crippen molar-refractivity contribution in [3.05, 3.63) is 0 Å². The van der Waals surface area contributed by atoms with Gasteiger partial charge in [-0.15, -0.1) is 4.20 Å². The fourth-order valence-corrected chi connectivity index (χ4v) is 0.858. The van der Waals surface area contributed by atoms with Crippen LogP contribution in [-0.2, 0) is 18.6 Å². The van der Waals surface area contributed by atoms with Gasteiger partial charge in [-0.1, -0.05) is 13.3 Å². The van der Waals surface area contributed by atoms with Gasteiger partial charge in [0.15, 0.2) is 0 Å². The van der Waals surface area contributed by atoms with Crippen LogP contribution in [0.4, 0.5) is 4.20 Å². The minimum atomic E-state index is -5.21. The summed E-state index contributed by atoms with van der Waals surface area (Å²) in [4.78, 5) is 18.5. The van der Waals surface area contributed by atoms with Crippen molar-refractivity contribution in [3.8, 4) is 0 Å². The third kappa shape index (κ3) is 9.46. The molecule has 0 saturated heterocycles. The Hall–Kier alpha value is -0.450. The monoisotopic (exact) mass is 214 g/mol. The Morgan fingerprint density at radius 3 is 2.69 bits per heavy atom. The highest BCUT2D eigenvalue weighted by atomic mass is 31.2. The predicted molar refractivity (Wildman–Crippen MR) is 42.8 cm³/mol. The molecule has 0 aliphatic heterocycles. The molecule has 0 aliphatic rings. The van der Waals surface area contributed by atoms with Crippen LogP contribution in [0.1, 0.15) is 19.8 Å². The maximum absolute atomic E-state index is 11.8. The van der Waals surface area contributed by atoms with Crippen LogP contribution in [0.2, 0.25) is 0 Å². The summed E-state index contributed by atoms with van der Waals surface area (Å²) < 4.78 is 29.9. The number of rotatable bonds is 6. The first kappa shape index (κ1) is 12.6. The van der Waals surface area contributed by atoms with E-state index < -0.39 is 20.5 Å². The topological polar surface area (TPSA) is 72.8 Å². The van der Waals surface area contributed by atoms with Crippen molar-refractivity contribution in [2.75, 3.05) is 13.2 Å². The molecule has 0 spiro atoms. The highest BCUT2D eigenvalue weighted by molar-refractivity contribution is 7.47. The molecule has 0 fully saturated rings. The number of hydrogen-bond acceptors (Lipinski definition) is 4. The van der Waals surface area contributed by atoms with Gasteiger partial charge in [-0.2, -0.15) is 0 Å². The molecular weight excluding hydrogens is 202 g/mol. The van der Waals surface area contributed by atoms with Crippen LogP contribution in [0.5, 0.6) is 0 Å². The summed E-state index contributed by atoms with van der Waals surface area (Å²) in [7, 11) is -5.21. The number of halogens is 1. The number of ether oxygens (including phenoxy) is 1. The lowest BCUT2D eigenvalue weighted by molar-refractivity contribution is -0.140. The molecule has 1 atom stereocenters. The van der Waals surface area contributed by atoms with Crippen LogP contribution < -0.4 is 0 Å². The molecule has 7 heteroatoms. The third-order valence-corrected chi connectivity index (χ3v) is 1.51. The molecule has 78 valence electrons. The standard InChI is InChI=1S/C6H12FO5P/c1-2-3-4-11-5-6(8)12-13(7,9)10/h2-5H2,1H3,(H,9,10). The van der Waals surface area contributed by atoms with Gasteiger partial charge in [0.2, 0.25) is 0 Å². The Bertz CT molecular complexity index is 201. The van der Waals surface area contributed by atoms with Crippen LogP contribution in [0.25, 0.3) is 0 Å². The molecule has 0 aliphatic carbocycles. The van der Waals surface area contributed by atoms with Gasteiger partial charge in [0, 0.05) is 6.61 Å². The fraction of sp³-hybridized carbons (Fsp3) is 0.833. The van der Waals surface area contributed by atoms with E-state index in [1.165, 1.54) is 0 Å². The summed E-state index contributed by atoms with van der Waals surface area (Å²) in [5.74, 6) is -1.18. The number of unbranched alkanes of at least 4 members (excludes halogenated alkanes) is 1. The first-order chi connectivity index (χ1) is 5.95. The van der Waals surface area contributed by atoms with Gasteiger partial charge in [-0.25, -0.2) is 9.36 Å².